The minimum atomic E-state index is 0.865. The van der Waals surface area contributed by atoms with Crippen LogP contribution in [-0.2, 0) is 0 Å². The van der Waals surface area contributed by atoms with E-state index in [4.69, 9.17) is 4.42 Å². The molecule has 3 nitrogen and oxygen atoms in total. The summed E-state index contributed by atoms with van der Waals surface area (Å²) >= 11 is 1.85. The Bertz CT molecular complexity index is 4230. The van der Waals surface area contributed by atoms with Crippen molar-refractivity contribution in [2.75, 3.05) is 4.90 Å². The van der Waals surface area contributed by atoms with Crippen LogP contribution in [0.15, 0.2) is 247 Å². The fourth-order valence-corrected chi connectivity index (χ4v) is 11.8. The highest BCUT2D eigenvalue weighted by molar-refractivity contribution is 7.25. The number of aromatic nitrogens is 1. The van der Waals surface area contributed by atoms with Gasteiger partial charge in [-0.15, -0.1) is 11.3 Å². The second-order valence-electron chi connectivity index (χ2n) is 17.6. The molecule has 0 aliphatic rings. The third kappa shape index (κ3) is 6.12. The van der Waals surface area contributed by atoms with Crippen LogP contribution in [0.2, 0.25) is 0 Å². The molecule has 0 amide bonds. The van der Waals surface area contributed by atoms with Crippen LogP contribution in [0.1, 0.15) is 0 Å². The monoisotopic (exact) mass is 884 g/mol. The Balaban J connectivity index is 1.00. The zero-order valence-corrected chi connectivity index (χ0v) is 37.6. The van der Waals surface area contributed by atoms with Crippen molar-refractivity contribution in [1.82, 2.24) is 4.57 Å². The molecule has 0 saturated heterocycles. The smallest absolute Gasteiger partial charge is 0.143 e. The third-order valence-corrected chi connectivity index (χ3v) is 14.9. The van der Waals surface area contributed by atoms with E-state index in [-0.39, 0.29) is 0 Å². The predicted octanol–water partition coefficient (Wildman–Crippen LogP) is 18.7. The molecule has 4 heteroatoms. The molecular formula is C64H40N2OS. The highest BCUT2D eigenvalue weighted by atomic mass is 32.1. The first-order valence-electron chi connectivity index (χ1n) is 23.2. The molecule has 0 unspecified atom stereocenters. The van der Waals surface area contributed by atoms with Gasteiger partial charge < -0.3 is 13.9 Å². The highest BCUT2D eigenvalue weighted by Gasteiger charge is 2.23. The molecule has 318 valence electrons. The summed E-state index contributed by atoms with van der Waals surface area (Å²) in [5, 5.41) is 9.67. The van der Waals surface area contributed by atoms with Gasteiger partial charge in [-0.1, -0.05) is 164 Å². The van der Waals surface area contributed by atoms with E-state index in [0.717, 1.165) is 66.9 Å². The van der Waals surface area contributed by atoms with Crippen LogP contribution in [0.4, 0.5) is 17.1 Å². The van der Waals surface area contributed by atoms with Gasteiger partial charge in [0.05, 0.1) is 16.7 Å². The lowest BCUT2D eigenvalue weighted by molar-refractivity contribution is 0.670. The topological polar surface area (TPSA) is 21.3 Å². The summed E-state index contributed by atoms with van der Waals surface area (Å²) in [6, 6.07) is 88.4. The lowest BCUT2D eigenvalue weighted by Gasteiger charge is -2.29. The van der Waals surface area contributed by atoms with Crippen LogP contribution in [-0.4, -0.2) is 4.57 Å². The zero-order chi connectivity index (χ0) is 44.7. The second kappa shape index (κ2) is 15.5. The van der Waals surface area contributed by atoms with Gasteiger partial charge in [-0.25, -0.2) is 0 Å². The van der Waals surface area contributed by atoms with Crippen molar-refractivity contribution in [2.24, 2.45) is 0 Å². The molecule has 68 heavy (non-hydrogen) atoms. The fraction of sp³-hybridized carbons (Fsp3) is 0. The number of anilines is 3. The molecule has 0 fully saturated rings. The molecule has 11 aromatic carbocycles. The molecule has 14 aromatic rings. The molecule has 3 heterocycles. The number of furan rings is 1. The Morgan fingerprint density at radius 1 is 0.353 bits per heavy atom. The number of rotatable bonds is 7. The Morgan fingerprint density at radius 2 is 0.971 bits per heavy atom. The summed E-state index contributed by atoms with van der Waals surface area (Å²) in [4.78, 5) is 2.46. The normalized spacial score (nSPS) is 11.8. The number of hydrogen-bond donors (Lipinski definition) is 0. The van der Waals surface area contributed by atoms with Gasteiger partial charge in [-0.05, 0) is 112 Å². The van der Waals surface area contributed by atoms with Crippen molar-refractivity contribution in [2.45, 2.75) is 0 Å². The Kier molecular flexibility index (Phi) is 8.76. The Hall–Kier alpha value is -8.70. The van der Waals surface area contributed by atoms with E-state index in [0.29, 0.717) is 0 Å². The first-order chi connectivity index (χ1) is 33.7. The van der Waals surface area contributed by atoms with Gasteiger partial charge in [0.2, 0.25) is 0 Å². The lowest BCUT2D eigenvalue weighted by atomic mass is 9.96. The molecule has 0 radical (unpaired) electrons. The van der Waals surface area contributed by atoms with Crippen LogP contribution >= 0.6 is 11.3 Å². The van der Waals surface area contributed by atoms with Gasteiger partial charge in [0.15, 0.2) is 0 Å². The Morgan fingerprint density at radius 3 is 1.81 bits per heavy atom. The Labute approximate surface area is 396 Å². The molecule has 0 spiro atoms. The van der Waals surface area contributed by atoms with Crippen molar-refractivity contribution in [3.8, 4) is 39.1 Å². The number of fused-ring (bicyclic) bond motifs is 10. The van der Waals surface area contributed by atoms with Gasteiger partial charge in [-0.2, -0.15) is 0 Å². The van der Waals surface area contributed by atoms with Gasteiger partial charge in [0.1, 0.15) is 11.2 Å². The van der Waals surface area contributed by atoms with Crippen LogP contribution in [0.25, 0.3) is 114 Å². The number of para-hydroxylation sites is 4. The molecule has 14 rings (SSSR count). The van der Waals surface area contributed by atoms with E-state index in [1.807, 2.05) is 11.3 Å². The van der Waals surface area contributed by atoms with Crippen molar-refractivity contribution in [3.05, 3.63) is 243 Å². The molecule has 0 aliphatic heterocycles. The van der Waals surface area contributed by atoms with Crippen LogP contribution in [0, 0.1) is 0 Å². The molecule has 0 saturated carbocycles. The predicted molar refractivity (Wildman–Crippen MR) is 289 cm³/mol. The summed E-state index contributed by atoms with van der Waals surface area (Å²) in [5.41, 5.74) is 15.2. The SMILES string of the molecule is c1cc(-c2cccc3ccccc23)cc(N(c2cc(-c3ccc(-n4c5ccccc5c5ccccc54)cc3)c3oc4ccccc4c3c2)c2ccccc2-c2ccc3sc4ccccc4c3c2)c1. The first kappa shape index (κ1) is 38.6. The van der Waals surface area contributed by atoms with Crippen molar-refractivity contribution >= 4 is 103 Å². The molecule has 0 N–H and O–H groups in total. The van der Waals surface area contributed by atoms with E-state index in [2.05, 4.69) is 252 Å². The average Bonchev–Trinajstić information content (AvgIpc) is 4.08. The van der Waals surface area contributed by atoms with E-state index in [1.165, 1.54) is 63.9 Å². The molecule has 0 aliphatic carbocycles. The minimum absolute atomic E-state index is 0.865. The lowest BCUT2D eigenvalue weighted by Crippen LogP contribution is -2.11. The number of thiophene rings is 1. The summed E-state index contributed by atoms with van der Waals surface area (Å²) in [5.74, 6) is 0. The maximum Gasteiger partial charge on any atom is 0.143 e. The summed E-state index contributed by atoms with van der Waals surface area (Å²) in [6.45, 7) is 0. The quantitative estimate of drug-likeness (QED) is 0.159. The summed E-state index contributed by atoms with van der Waals surface area (Å²) in [7, 11) is 0. The minimum Gasteiger partial charge on any atom is -0.455 e. The summed E-state index contributed by atoms with van der Waals surface area (Å²) in [6.07, 6.45) is 0. The number of hydrogen-bond acceptors (Lipinski definition) is 3. The highest BCUT2D eigenvalue weighted by Crippen LogP contribution is 2.48. The van der Waals surface area contributed by atoms with E-state index < -0.39 is 0 Å². The maximum atomic E-state index is 6.86. The molecule has 0 bridgehead atoms. The van der Waals surface area contributed by atoms with Crippen LogP contribution in [0.3, 0.4) is 0 Å². The van der Waals surface area contributed by atoms with Crippen LogP contribution < -0.4 is 4.90 Å². The molecule has 0 atom stereocenters. The van der Waals surface area contributed by atoms with E-state index in [1.54, 1.807) is 0 Å². The van der Waals surface area contributed by atoms with Crippen molar-refractivity contribution in [1.29, 1.82) is 0 Å². The van der Waals surface area contributed by atoms with Crippen LogP contribution in [0.5, 0.6) is 0 Å². The second-order valence-corrected chi connectivity index (χ2v) is 18.7. The van der Waals surface area contributed by atoms with Crippen molar-refractivity contribution < 1.29 is 4.42 Å². The third-order valence-electron chi connectivity index (χ3n) is 13.8. The van der Waals surface area contributed by atoms with Crippen molar-refractivity contribution in [3.63, 3.8) is 0 Å². The molecular weight excluding hydrogens is 845 g/mol. The largest absolute Gasteiger partial charge is 0.455 e. The van der Waals surface area contributed by atoms with E-state index in [9.17, 15) is 0 Å². The maximum absolute atomic E-state index is 6.86. The number of nitrogens with zero attached hydrogens (tertiary/aromatic N) is 2. The van der Waals surface area contributed by atoms with Gasteiger partial charge >= 0.3 is 0 Å². The van der Waals surface area contributed by atoms with E-state index >= 15 is 0 Å². The average molecular weight is 885 g/mol. The van der Waals surface area contributed by atoms with Gasteiger partial charge in [0, 0.05) is 69.9 Å². The summed E-state index contributed by atoms with van der Waals surface area (Å²) < 4.78 is 11.8. The first-order valence-corrected chi connectivity index (χ1v) is 24.0. The van der Waals surface area contributed by atoms with Gasteiger partial charge in [-0.3, -0.25) is 0 Å². The van der Waals surface area contributed by atoms with Gasteiger partial charge in [0.25, 0.3) is 0 Å². The standard InChI is InChI=1S/C64H40N2OS/c1-2-19-48-41(15-1)16-14-25-49(48)43-17-13-18-46(37-43)65(58-26-8-3-20-50(58)44-33-36-63-56(38-44)54-24-7-12-30-62(54)68-63)47-39-55(64-57(40-47)53-23-6-11-29-61(53)67-64)42-31-34-45(35-32-42)66-59-27-9-4-21-51(59)52-22-5-10-28-60(52)66/h1-40H. The molecule has 3 aromatic heterocycles. The number of benzene rings is 11. The zero-order valence-electron chi connectivity index (χ0n) is 36.8. The fourth-order valence-electron chi connectivity index (χ4n) is 10.7.